The van der Waals surface area contributed by atoms with Crippen molar-refractivity contribution in [3.63, 3.8) is 0 Å². The van der Waals surface area contributed by atoms with Crippen LogP contribution in [-0.2, 0) is 7.05 Å². The number of nitrogens with zero attached hydrogens (tertiary/aromatic N) is 6. The Balaban J connectivity index is 1.68. The third kappa shape index (κ3) is 3.30. The van der Waals surface area contributed by atoms with E-state index in [0.29, 0.717) is 29.1 Å². The fraction of sp³-hybridized carbons (Fsp3) is 0.190. The molecule has 1 aliphatic heterocycles. The van der Waals surface area contributed by atoms with Crippen molar-refractivity contribution in [1.29, 1.82) is 0 Å². The van der Waals surface area contributed by atoms with Crippen LogP contribution in [0.2, 0.25) is 0 Å². The molecule has 0 saturated carbocycles. The minimum atomic E-state index is -1.16. The van der Waals surface area contributed by atoms with Crippen LogP contribution in [0.25, 0.3) is 37.9 Å². The third-order valence-electron chi connectivity index (χ3n) is 5.32. The van der Waals surface area contributed by atoms with E-state index in [2.05, 4.69) is 9.97 Å². The summed E-state index contributed by atoms with van der Waals surface area (Å²) in [5.41, 5.74) is 10.2. The van der Waals surface area contributed by atoms with Crippen LogP contribution >= 0.6 is 11.3 Å². The quantitative estimate of drug-likeness (QED) is 0.526. The van der Waals surface area contributed by atoms with E-state index in [9.17, 15) is 9.90 Å². The number of hydrogen-bond acceptors (Lipinski definition) is 8. The van der Waals surface area contributed by atoms with E-state index in [-0.39, 0.29) is 6.54 Å². The van der Waals surface area contributed by atoms with Crippen LogP contribution in [-0.4, -0.2) is 48.6 Å². The molecule has 4 aromatic rings. The first-order valence-electron chi connectivity index (χ1n) is 9.67. The van der Waals surface area contributed by atoms with Crippen LogP contribution in [0, 0.1) is 0 Å². The molecule has 156 valence electrons. The van der Waals surface area contributed by atoms with Gasteiger partial charge in [0, 0.05) is 25.7 Å². The summed E-state index contributed by atoms with van der Waals surface area (Å²) in [4.78, 5) is 31.1. The summed E-state index contributed by atoms with van der Waals surface area (Å²) in [6, 6.07) is 9.90. The molecule has 1 amide bonds. The van der Waals surface area contributed by atoms with Gasteiger partial charge in [-0.2, -0.15) is 0 Å². The molecule has 5 rings (SSSR count). The highest BCUT2D eigenvalue weighted by Gasteiger charge is 2.24. The standard InChI is InChI=1S/C21H19N7O2S/c1-27-16(20-26-15-17(22)23-11-24-19(15)31-20)14(12-5-3-2-4-6-12)25-18(27)13-7-9-28(10-8-13)21(29)30/h2-7,11H,8-10H2,1H3,(H,29,30)(H2,22,23,24)/p-1. The predicted molar refractivity (Wildman–Crippen MR) is 117 cm³/mol. The molecule has 31 heavy (non-hydrogen) atoms. The lowest BCUT2D eigenvalue weighted by molar-refractivity contribution is -0.265. The van der Waals surface area contributed by atoms with Gasteiger partial charge >= 0.3 is 0 Å². The molecule has 1 aromatic carbocycles. The Hall–Kier alpha value is -3.79. The molecule has 0 atom stereocenters. The topological polar surface area (TPSA) is 126 Å². The maximum absolute atomic E-state index is 11.1. The molecule has 4 heterocycles. The molecule has 10 heteroatoms. The van der Waals surface area contributed by atoms with Gasteiger partial charge < -0.3 is 25.1 Å². The van der Waals surface area contributed by atoms with Crippen LogP contribution in [0.3, 0.4) is 0 Å². The van der Waals surface area contributed by atoms with Crippen molar-refractivity contribution in [3.8, 4) is 22.0 Å². The number of hydrogen-bond donors (Lipinski definition) is 1. The number of fused-ring (bicyclic) bond motifs is 1. The SMILES string of the molecule is Cn1c(C2=CCN(C(=O)[O-])CC2)nc(-c2ccccc2)c1-c1nc2c(N)ncnc2s1. The first kappa shape index (κ1) is 19.2. The number of amides is 1. The Bertz CT molecular complexity index is 1330. The first-order chi connectivity index (χ1) is 15.0. The first-order valence-corrected chi connectivity index (χ1v) is 10.5. The maximum Gasteiger partial charge on any atom is 0.154 e. The number of rotatable bonds is 3. The van der Waals surface area contributed by atoms with Crippen LogP contribution in [0.5, 0.6) is 0 Å². The maximum atomic E-state index is 11.1. The Labute approximate surface area is 181 Å². The Morgan fingerprint density at radius 3 is 2.68 bits per heavy atom. The average Bonchev–Trinajstić information content (AvgIpc) is 3.36. The Morgan fingerprint density at radius 2 is 2.00 bits per heavy atom. The summed E-state index contributed by atoms with van der Waals surface area (Å²) in [5.74, 6) is 1.12. The highest BCUT2D eigenvalue weighted by molar-refractivity contribution is 7.21. The van der Waals surface area contributed by atoms with E-state index in [1.807, 2.05) is 48.0 Å². The third-order valence-corrected chi connectivity index (χ3v) is 6.29. The molecule has 0 spiro atoms. The highest BCUT2D eigenvalue weighted by Crippen LogP contribution is 2.38. The van der Waals surface area contributed by atoms with E-state index in [1.54, 1.807) is 0 Å². The van der Waals surface area contributed by atoms with Crippen molar-refractivity contribution in [3.05, 3.63) is 48.6 Å². The molecular weight excluding hydrogens is 414 g/mol. The van der Waals surface area contributed by atoms with Crippen LogP contribution < -0.4 is 10.8 Å². The number of nitrogens with two attached hydrogens (primary N) is 1. The van der Waals surface area contributed by atoms with E-state index in [0.717, 1.165) is 33.4 Å². The fourth-order valence-electron chi connectivity index (χ4n) is 3.74. The van der Waals surface area contributed by atoms with Crippen LogP contribution in [0.1, 0.15) is 12.2 Å². The highest BCUT2D eigenvalue weighted by atomic mass is 32.1. The van der Waals surface area contributed by atoms with E-state index >= 15 is 0 Å². The number of carboxylic acid groups (broad SMARTS) is 1. The van der Waals surface area contributed by atoms with Gasteiger partial charge in [-0.1, -0.05) is 47.7 Å². The second kappa shape index (κ2) is 7.47. The Kier molecular flexibility index (Phi) is 4.63. The fourth-order valence-corrected chi connectivity index (χ4v) is 4.74. The van der Waals surface area contributed by atoms with Crippen molar-refractivity contribution >= 4 is 39.2 Å². The molecule has 3 aromatic heterocycles. The second-order valence-corrected chi connectivity index (χ2v) is 8.16. The summed E-state index contributed by atoms with van der Waals surface area (Å²) in [5, 5.41) is 11.9. The molecule has 0 aliphatic carbocycles. The second-order valence-electron chi connectivity index (χ2n) is 7.18. The lowest BCUT2D eigenvalue weighted by Crippen LogP contribution is -2.43. The lowest BCUT2D eigenvalue weighted by Gasteiger charge is -2.28. The smallest absolute Gasteiger partial charge is 0.154 e. The molecule has 0 saturated heterocycles. The monoisotopic (exact) mass is 432 g/mol. The molecule has 1 aliphatic rings. The van der Waals surface area contributed by atoms with Gasteiger partial charge in [0.1, 0.15) is 39.3 Å². The van der Waals surface area contributed by atoms with Crippen molar-refractivity contribution in [2.75, 3.05) is 18.8 Å². The molecule has 0 bridgehead atoms. The van der Waals surface area contributed by atoms with Gasteiger partial charge in [0.2, 0.25) is 0 Å². The van der Waals surface area contributed by atoms with Gasteiger partial charge in [-0.3, -0.25) is 0 Å². The van der Waals surface area contributed by atoms with E-state index < -0.39 is 6.09 Å². The number of anilines is 1. The zero-order valence-corrected chi connectivity index (χ0v) is 17.5. The van der Waals surface area contributed by atoms with Gasteiger partial charge in [-0.25, -0.2) is 19.9 Å². The summed E-state index contributed by atoms with van der Waals surface area (Å²) >= 11 is 1.44. The van der Waals surface area contributed by atoms with Crippen molar-refractivity contribution in [1.82, 2.24) is 29.4 Å². The van der Waals surface area contributed by atoms with E-state index in [1.165, 1.54) is 22.6 Å². The lowest BCUT2D eigenvalue weighted by atomic mass is 10.1. The number of aromatic nitrogens is 5. The average molecular weight is 432 g/mol. The summed E-state index contributed by atoms with van der Waals surface area (Å²) in [6.45, 7) is 0.665. The number of thiazole rings is 1. The van der Waals surface area contributed by atoms with Crippen LogP contribution in [0.15, 0.2) is 42.7 Å². The molecular formula is C21H18N7O2S-. The molecule has 0 unspecified atom stereocenters. The van der Waals surface area contributed by atoms with Gasteiger partial charge in [0.05, 0.1) is 5.69 Å². The number of imidazole rings is 1. The van der Waals surface area contributed by atoms with Gasteiger partial charge in [0.25, 0.3) is 0 Å². The normalized spacial score (nSPS) is 14.1. The predicted octanol–water partition coefficient (Wildman–Crippen LogP) is 2.17. The van der Waals surface area contributed by atoms with Crippen molar-refractivity contribution < 1.29 is 9.90 Å². The van der Waals surface area contributed by atoms with Gasteiger partial charge in [-0.15, -0.1) is 0 Å². The zero-order chi connectivity index (χ0) is 21.5. The Morgan fingerprint density at radius 1 is 1.19 bits per heavy atom. The molecule has 2 N–H and O–H groups in total. The van der Waals surface area contributed by atoms with Crippen LogP contribution in [0.4, 0.5) is 10.6 Å². The minimum Gasteiger partial charge on any atom is -0.530 e. The summed E-state index contributed by atoms with van der Waals surface area (Å²) in [7, 11) is 1.94. The largest absolute Gasteiger partial charge is 0.530 e. The number of nitrogen functional groups attached to an aromatic ring is 1. The zero-order valence-electron chi connectivity index (χ0n) is 16.6. The molecule has 9 nitrogen and oxygen atoms in total. The summed E-state index contributed by atoms with van der Waals surface area (Å²) < 4.78 is 2.00. The number of carbonyl (C=O) groups excluding carboxylic acids is 1. The van der Waals surface area contributed by atoms with Gasteiger partial charge in [0.15, 0.2) is 5.82 Å². The number of carbonyl (C=O) groups is 1. The number of benzene rings is 1. The summed E-state index contributed by atoms with van der Waals surface area (Å²) in [6.07, 6.45) is 2.73. The van der Waals surface area contributed by atoms with Crippen molar-refractivity contribution in [2.24, 2.45) is 7.05 Å². The van der Waals surface area contributed by atoms with Gasteiger partial charge in [-0.05, 0) is 12.0 Å². The minimum absolute atomic E-state index is 0.286. The van der Waals surface area contributed by atoms with E-state index in [4.69, 9.17) is 15.7 Å². The molecule has 0 fully saturated rings. The molecule has 0 radical (unpaired) electrons. The van der Waals surface area contributed by atoms with Crippen molar-refractivity contribution in [2.45, 2.75) is 6.42 Å².